The summed E-state index contributed by atoms with van der Waals surface area (Å²) >= 11 is 0. The number of piperidine rings is 1. The Labute approximate surface area is 144 Å². The quantitative estimate of drug-likeness (QED) is 0.717. The largest absolute Gasteiger partial charge is 0.452 e. The van der Waals surface area contributed by atoms with Gasteiger partial charge in [-0.05, 0) is 59.8 Å². The fraction of sp³-hybridized carbons (Fsp3) is 0.833. The fourth-order valence-corrected chi connectivity index (χ4v) is 2.78. The molecule has 0 N–H and O–H groups in total. The summed E-state index contributed by atoms with van der Waals surface area (Å²) in [4.78, 5) is 37.0. The van der Waals surface area contributed by atoms with Gasteiger partial charge in [0.2, 0.25) is 0 Å². The highest BCUT2D eigenvalue weighted by atomic mass is 16.6. The first-order chi connectivity index (χ1) is 10.9. The Morgan fingerprint density at radius 3 is 2.00 bits per heavy atom. The molecular weight excluding hydrogens is 310 g/mol. The molecule has 138 valence electrons. The number of nitrogens with zero attached hydrogens (tertiary/aromatic N) is 1. The van der Waals surface area contributed by atoms with Gasteiger partial charge < -0.3 is 14.4 Å². The molecular formula is C18H31NO5. The van der Waals surface area contributed by atoms with E-state index in [4.69, 9.17) is 9.47 Å². The maximum Gasteiger partial charge on any atom is 0.410 e. The van der Waals surface area contributed by atoms with Crippen molar-refractivity contribution in [3.63, 3.8) is 0 Å². The number of Topliss-reactive ketones (excluding diaryl/α,β-unsaturated/α-hetero) is 1. The second-order valence-electron chi connectivity index (χ2n) is 7.98. The van der Waals surface area contributed by atoms with Crippen molar-refractivity contribution >= 4 is 17.8 Å². The molecule has 1 fully saturated rings. The molecule has 1 heterocycles. The number of amides is 1. The van der Waals surface area contributed by atoms with Crippen LogP contribution in [0.3, 0.4) is 0 Å². The molecule has 1 saturated heterocycles. The lowest BCUT2D eigenvalue weighted by Crippen LogP contribution is -2.42. The van der Waals surface area contributed by atoms with Gasteiger partial charge in [-0.2, -0.15) is 0 Å². The van der Waals surface area contributed by atoms with Crippen LogP contribution in [0, 0.1) is 5.92 Å². The minimum absolute atomic E-state index is 0.0627. The van der Waals surface area contributed by atoms with E-state index >= 15 is 0 Å². The molecule has 0 radical (unpaired) electrons. The smallest absolute Gasteiger partial charge is 0.410 e. The molecule has 0 saturated carbocycles. The zero-order chi connectivity index (χ0) is 18.5. The first-order valence-electron chi connectivity index (χ1n) is 8.61. The number of hydrogen-bond donors (Lipinski definition) is 0. The number of carbonyl (C=O) groups is 3. The van der Waals surface area contributed by atoms with Crippen LogP contribution in [0.4, 0.5) is 4.79 Å². The number of ether oxygens (including phenoxy) is 2. The summed E-state index contributed by atoms with van der Waals surface area (Å²) in [5.74, 6) is -0.105. The van der Waals surface area contributed by atoms with E-state index in [0.717, 1.165) is 19.3 Å². The average Bonchev–Trinajstić information content (AvgIpc) is 2.42. The maximum absolute atomic E-state index is 12.2. The number of rotatable bonds is 5. The third-order valence-electron chi connectivity index (χ3n) is 4.12. The van der Waals surface area contributed by atoms with E-state index in [9.17, 15) is 14.4 Å². The summed E-state index contributed by atoms with van der Waals surface area (Å²) in [5.41, 5.74) is -1.55. The topological polar surface area (TPSA) is 72.9 Å². The normalized spacial score (nSPS) is 16.7. The number of ketones is 1. The van der Waals surface area contributed by atoms with Crippen molar-refractivity contribution in [2.24, 2.45) is 5.92 Å². The van der Waals surface area contributed by atoms with Crippen LogP contribution in [0.1, 0.15) is 67.2 Å². The van der Waals surface area contributed by atoms with E-state index in [1.54, 1.807) is 18.7 Å². The van der Waals surface area contributed by atoms with E-state index in [-0.39, 0.29) is 11.9 Å². The summed E-state index contributed by atoms with van der Waals surface area (Å²) < 4.78 is 10.5. The van der Waals surface area contributed by atoms with Crippen LogP contribution in [-0.4, -0.2) is 47.0 Å². The first-order valence-corrected chi connectivity index (χ1v) is 8.61. The highest BCUT2D eigenvalue weighted by Crippen LogP contribution is 2.25. The molecule has 0 aromatic rings. The summed E-state index contributed by atoms with van der Waals surface area (Å²) in [7, 11) is 0. The molecule has 6 nitrogen and oxygen atoms in total. The highest BCUT2D eigenvalue weighted by Gasteiger charge is 2.32. The maximum atomic E-state index is 12.2. The number of carbonyl (C=O) groups excluding carboxylic acids is 3. The van der Waals surface area contributed by atoms with Crippen LogP contribution in [0.5, 0.6) is 0 Å². The minimum Gasteiger partial charge on any atom is -0.452 e. The van der Waals surface area contributed by atoms with E-state index in [1.165, 1.54) is 6.92 Å². The summed E-state index contributed by atoms with van der Waals surface area (Å²) in [6, 6.07) is 0. The van der Waals surface area contributed by atoms with Crippen LogP contribution < -0.4 is 0 Å². The Morgan fingerprint density at radius 2 is 1.54 bits per heavy atom. The van der Waals surface area contributed by atoms with Gasteiger partial charge in [0.25, 0.3) is 0 Å². The average molecular weight is 341 g/mol. The lowest BCUT2D eigenvalue weighted by Gasteiger charge is -2.33. The third kappa shape index (κ3) is 6.89. The Kier molecular flexibility index (Phi) is 6.81. The molecule has 0 unspecified atom stereocenters. The van der Waals surface area contributed by atoms with Crippen LogP contribution in [0.25, 0.3) is 0 Å². The Balaban J connectivity index is 2.38. The minimum atomic E-state index is -1.07. The summed E-state index contributed by atoms with van der Waals surface area (Å²) in [5, 5.41) is 0. The molecule has 0 aromatic carbocycles. The van der Waals surface area contributed by atoms with Gasteiger partial charge in [0.05, 0.1) is 0 Å². The zero-order valence-corrected chi connectivity index (χ0v) is 15.8. The van der Waals surface area contributed by atoms with Gasteiger partial charge in [0.15, 0.2) is 11.4 Å². The monoisotopic (exact) mass is 341 g/mol. The lowest BCUT2D eigenvalue weighted by molar-refractivity contribution is -0.162. The van der Waals surface area contributed by atoms with Gasteiger partial charge in [-0.25, -0.2) is 4.79 Å². The van der Waals surface area contributed by atoms with Crippen LogP contribution >= 0.6 is 0 Å². The van der Waals surface area contributed by atoms with Gasteiger partial charge in [0.1, 0.15) is 5.60 Å². The van der Waals surface area contributed by atoms with Crippen molar-refractivity contribution in [3.05, 3.63) is 0 Å². The molecule has 1 aliphatic rings. The van der Waals surface area contributed by atoms with Gasteiger partial charge in [-0.1, -0.05) is 0 Å². The molecule has 0 spiro atoms. The first kappa shape index (κ1) is 20.5. The van der Waals surface area contributed by atoms with Crippen LogP contribution in [0.2, 0.25) is 0 Å². The van der Waals surface area contributed by atoms with Gasteiger partial charge in [-0.15, -0.1) is 0 Å². The number of esters is 1. The zero-order valence-electron chi connectivity index (χ0n) is 15.8. The lowest BCUT2D eigenvalue weighted by atomic mass is 9.89. The highest BCUT2D eigenvalue weighted by molar-refractivity contribution is 5.88. The SMILES string of the molecule is CC(=O)OC(C)(C)C(=O)CCC1CCN(C(=O)OC(C)(C)C)CC1. The van der Waals surface area contributed by atoms with Crippen LogP contribution in [0.15, 0.2) is 0 Å². The Bertz CT molecular complexity index is 470. The molecule has 6 heteroatoms. The molecule has 0 aromatic heterocycles. The van der Waals surface area contributed by atoms with Gasteiger partial charge >= 0.3 is 12.1 Å². The van der Waals surface area contributed by atoms with Crippen molar-refractivity contribution in [3.8, 4) is 0 Å². The number of likely N-dealkylation sites (tertiary alicyclic amines) is 1. The number of hydrogen-bond acceptors (Lipinski definition) is 5. The van der Waals surface area contributed by atoms with Crippen molar-refractivity contribution < 1.29 is 23.9 Å². The predicted molar refractivity (Wildman–Crippen MR) is 90.6 cm³/mol. The van der Waals surface area contributed by atoms with Gasteiger partial charge in [-0.3, -0.25) is 9.59 Å². The molecule has 0 bridgehead atoms. The molecule has 1 rings (SSSR count). The van der Waals surface area contributed by atoms with E-state index in [1.807, 2.05) is 20.8 Å². The summed E-state index contributed by atoms with van der Waals surface area (Å²) in [6.07, 6.45) is 2.59. The second-order valence-corrected chi connectivity index (χ2v) is 7.98. The third-order valence-corrected chi connectivity index (χ3v) is 4.12. The molecule has 24 heavy (non-hydrogen) atoms. The van der Waals surface area contributed by atoms with E-state index in [2.05, 4.69) is 0 Å². The predicted octanol–water partition coefficient (Wildman–Crippen LogP) is 3.32. The molecule has 0 atom stereocenters. The fourth-order valence-electron chi connectivity index (χ4n) is 2.78. The standard InChI is InChI=1S/C18H31NO5/c1-13(20)23-18(5,6)15(21)8-7-14-9-11-19(12-10-14)16(22)24-17(2,3)4/h14H,7-12H2,1-6H3. The molecule has 1 amide bonds. The molecule has 0 aliphatic carbocycles. The Hall–Kier alpha value is -1.59. The van der Waals surface area contributed by atoms with Crippen LogP contribution in [-0.2, 0) is 19.1 Å². The van der Waals surface area contributed by atoms with Crippen molar-refractivity contribution in [1.82, 2.24) is 4.90 Å². The summed E-state index contributed by atoms with van der Waals surface area (Å²) in [6.45, 7) is 11.4. The van der Waals surface area contributed by atoms with E-state index in [0.29, 0.717) is 25.4 Å². The van der Waals surface area contributed by atoms with Crippen molar-refractivity contribution in [2.75, 3.05) is 13.1 Å². The van der Waals surface area contributed by atoms with Crippen molar-refractivity contribution in [2.45, 2.75) is 78.4 Å². The Morgan fingerprint density at radius 1 is 1.00 bits per heavy atom. The second kappa shape index (κ2) is 7.99. The molecule has 1 aliphatic heterocycles. The van der Waals surface area contributed by atoms with E-state index < -0.39 is 17.2 Å². The van der Waals surface area contributed by atoms with Gasteiger partial charge in [0, 0.05) is 26.4 Å². The van der Waals surface area contributed by atoms with Crippen molar-refractivity contribution in [1.29, 1.82) is 0 Å².